The van der Waals surface area contributed by atoms with Gasteiger partial charge in [0, 0.05) is 0 Å². The van der Waals surface area contributed by atoms with Crippen molar-refractivity contribution in [3.8, 4) is 0 Å². The van der Waals surface area contributed by atoms with Crippen LogP contribution in [0.4, 0.5) is 0 Å². The van der Waals surface area contributed by atoms with Gasteiger partial charge in [0.2, 0.25) is 0 Å². The van der Waals surface area contributed by atoms with E-state index < -0.39 is 27.8 Å². The van der Waals surface area contributed by atoms with Gasteiger partial charge in [-0.25, -0.2) is 0 Å². The van der Waals surface area contributed by atoms with Gasteiger partial charge in [0.05, 0.1) is 11.1 Å². The van der Waals surface area contributed by atoms with Gasteiger partial charge in [-0.2, -0.15) is 8.42 Å². The number of hydrogen-bond acceptors (Lipinski definition) is 4. The summed E-state index contributed by atoms with van der Waals surface area (Å²) in [5.41, 5.74) is 0.298. The quantitative estimate of drug-likeness (QED) is 0.586. The fourth-order valence-corrected chi connectivity index (χ4v) is 2.08. The summed E-state index contributed by atoms with van der Waals surface area (Å²) in [6.45, 7) is 0. The number of carbonyl (C=O) groups excluding carboxylic acids is 2. The number of imide groups is 1. The van der Waals surface area contributed by atoms with Crippen molar-refractivity contribution in [2.24, 2.45) is 0 Å². The maximum Gasteiger partial charge on any atom is 0.283 e. The van der Waals surface area contributed by atoms with Crippen LogP contribution in [0.25, 0.3) is 0 Å². The molecule has 1 aliphatic rings. The molecule has 16 heavy (non-hydrogen) atoms. The molecular weight excluding hydrogens is 234 g/mol. The lowest BCUT2D eigenvalue weighted by molar-refractivity contribution is 0.0677. The van der Waals surface area contributed by atoms with Gasteiger partial charge in [0.1, 0.15) is 0 Å². The molecular formula is C9H7NO5S. The number of carbonyl (C=O) groups is 2. The van der Waals surface area contributed by atoms with E-state index in [-0.39, 0.29) is 11.1 Å². The molecule has 0 aliphatic carbocycles. The second kappa shape index (κ2) is 3.39. The molecule has 0 fully saturated rings. The zero-order valence-electron chi connectivity index (χ0n) is 7.95. The molecule has 84 valence electrons. The van der Waals surface area contributed by atoms with Crippen LogP contribution < -0.4 is 0 Å². The Labute approximate surface area is 91.2 Å². The minimum atomic E-state index is -4.41. The van der Waals surface area contributed by atoms with Crippen LogP contribution in [0.15, 0.2) is 24.3 Å². The zero-order chi connectivity index (χ0) is 11.9. The monoisotopic (exact) mass is 241 g/mol. The summed E-state index contributed by atoms with van der Waals surface area (Å²) in [5.74, 6) is -2.43. The van der Waals surface area contributed by atoms with Gasteiger partial charge in [-0.05, 0) is 12.1 Å². The fraction of sp³-hybridized carbons (Fsp3) is 0.111. The van der Waals surface area contributed by atoms with Gasteiger partial charge < -0.3 is 0 Å². The molecule has 2 amide bonds. The van der Waals surface area contributed by atoms with E-state index in [4.69, 9.17) is 4.55 Å². The Kier molecular flexibility index (Phi) is 2.28. The van der Waals surface area contributed by atoms with Gasteiger partial charge >= 0.3 is 0 Å². The van der Waals surface area contributed by atoms with E-state index in [0.717, 1.165) is 0 Å². The van der Waals surface area contributed by atoms with Gasteiger partial charge in [0.25, 0.3) is 21.9 Å². The number of amides is 2. The van der Waals surface area contributed by atoms with E-state index in [1.165, 1.54) is 12.1 Å². The van der Waals surface area contributed by atoms with E-state index in [1.54, 1.807) is 12.1 Å². The highest BCUT2D eigenvalue weighted by atomic mass is 32.2. The highest BCUT2D eigenvalue weighted by Crippen LogP contribution is 2.22. The van der Waals surface area contributed by atoms with Crippen molar-refractivity contribution >= 4 is 21.9 Å². The second-order valence-corrected chi connectivity index (χ2v) is 4.72. The third kappa shape index (κ3) is 1.70. The molecule has 6 nitrogen and oxygen atoms in total. The number of fused-ring (bicyclic) bond motifs is 1. The summed E-state index contributed by atoms with van der Waals surface area (Å²) < 4.78 is 29.9. The van der Waals surface area contributed by atoms with Crippen LogP contribution in [0.1, 0.15) is 20.7 Å². The van der Waals surface area contributed by atoms with Gasteiger partial charge in [0.15, 0.2) is 5.88 Å². The van der Waals surface area contributed by atoms with Crippen LogP contribution in [0.2, 0.25) is 0 Å². The van der Waals surface area contributed by atoms with Gasteiger partial charge in [-0.3, -0.25) is 19.0 Å². The Balaban J connectivity index is 2.43. The van der Waals surface area contributed by atoms with Crippen molar-refractivity contribution in [1.29, 1.82) is 0 Å². The van der Waals surface area contributed by atoms with Crippen molar-refractivity contribution in [3.05, 3.63) is 35.4 Å². The minimum absolute atomic E-state index is 0.149. The summed E-state index contributed by atoms with van der Waals surface area (Å²) in [4.78, 5) is 23.7. The Bertz CT molecular complexity index is 542. The van der Waals surface area contributed by atoms with E-state index in [2.05, 4.69) is 0 Å². The first kappa shape index (κ1) is 10.8. The van der Waals surface area contributed by atoms with Crippen molar-refractivity contribution < 1.29 is 22.6 Å². The first-order valence-corrected chi connectivity index (χ1v) is 5.91. The Hall–Kier alpha value is -1.73. The summed E-state index contributed by atoms with van der Waals surface area (Å²) in [6.07, 6.45) is 0. The molecule has 0 aromatic heterocycles. The Morgan fingerprint density at radius 2 is 1.50 bits per heavy atom. The highest BCUT2D eigenvalue weighted by molar-refractivity contribution is 7.85. The maximum absolute atomic E-state index is 11.6. The van der Waals surface area contributed by atoms with E-state index >= 15 is 0 Å². The normalized spacial score (nSPS) is 15.4. The molecule has 1 aromatic carbocycles. The Morgan fingerprint density at radius 3 is 1.88 bits per heavy atom. The summed E-state index contributed by atoms with van der Waals surface area (Å²) >= 11 is 0. The zero-order valence-corrected chi connectivity index (χ0v) is 8.77. The summed E-state index contributed by atoms with van der Waals surface area (Å²) in [7, 11) is -4.41. The van der Waals surface area contributed by atoms with Gasteiger partial charge in [-0.15, -0.1) is 0 Å². The van der Waals surface area contributed by atoms with Crippen molar-refractivity contribution in [2.45, 2.75) is 0 Å². The lowest BCUT2D eigenvalue weighted by Gasteiger charge is -2.10. The molecule has 0 atom stereocenters. The average molecular weight is 241 g/mol. The lowest BCUT2D eigenvalue weighted by Crippen LogP contribution is -2.34. The molecule has 1 N–H and O–H groups in total. The highest BCUT2D eigenvalue weighted by Gasteiger charge is 2.37. The number of benzene rings is 1. The largest absolute Gasteiger partial charge is 0.284 e. The molecule has 0 saturated heterocycles. The standard InChI is InChI=1S/C9H7NO5S/c11-8-6-3-1-2-4-7(6)9(12)10(8)5-16(13,14)15/h1-4H,5H2,(H,13,14,15). The average Bonchev–Trinajstić information content (AvgIpc) is 2.43. The molecule has 7 heteroatoms. The van der Waals surface area contributed by atoms with Crippen LogP contribution in [-0.4, -0.2) is 35.6 Å². The third-order valence-corrected chi connectivity index (χ3v) is 2.75. The lowest BCUT2D eigenvalue weighted by atomic mass is 10.1. The van der Waals surface area contributed by atoms with E-state index in [9.17, 15) is 18.0 Å². The topological polar surface area (TPSA) is 91.8 Å². The summed E-state index contributed by atoms with van der Waals surface area (Å²) in [5, 5.41) is 0. The van der Waals surface area contributed by atoms with Crippen molar-refractivity contribution in [2.75, 3.05) is 5.88 Å². The molecule has 1 aromatic rings. The van der Waals surface area contributed by atoms with Crippen LogP contribution in [0.5, 0.6) is 0 Å². The molecule has 1 aliphatic heterocycles. The smallest absolute Gasteiger partial charge is 0.283 e. The first-order valence-electron chi connectivity index (χ1n) is 4.30. The summed E-state index contributed by atoms with van der Waals surface area (Å²) in [6, 6.07) is 6.00. The number of hydrogen-bond donors (Lipinski definition) is 1. The minimum Gasteiger partial charge on any atom is -0.284 e. The number of rotatable bonds is 2. The molecule has 0 unspecified atom stereocenters. The first-order chi connectivity index (χ1) is 7.40. The molecule has 1 heterocycles. The van der Waals surface area contributed by atoms with Crippen LogP contribution >= 0.6 is 0 Å². The molecule has 0 spiro atoms. The van der Waals surface area contributed by atoms with E-state index in [1.807, 2.05) is 0 Å². The Morgan fingerprint density at radius 1 is 1.06 bits per heavy atom. The third-order valence-electron chi connectivity index (χ3n) is 2.17. The molecule has 2 rings (SSSR count). The molecule has 0 bridgehead atoms. The van der Waals surface area contributed by atoms with Crippen LogP contribution in [0, 0.1) is 0 Å². The molecule has 0 saturated carbocycles. The fourth-order valence-electron chi connectivity index (χ4n) is 1.52. The SMILES string of the molecule is O=C1c2ccccc2C(=O)N1CS(=O)(=O)O. The van der Waals surface area contributed by atoms with Crippen LogP contribution in [0.3, 0.4) is 0 Å². The second-order valence-electron chi connectivity index (χ2n) is 3.29. The van der Waals surface area contributed by atoms with Crippen molar-refractivity contribution in [1.82, 2.24) is 4.90 Å². The number of nitrogens with zero attached hydrogens (tertiary/aromatic N) is 1. The molecule has 0 radical (unpaired) electrons. The predicted molar refractivity (Wildman–Crippen MR) is 53.4 cm³/mol. The van der Waals surface area contributed by atoms with Gasteiger partial charge in [-0.1, -0.05) is 12.1 Å². The maximum atomic E-state index is 11.6. The van der Waals surface area contributed by atoms with Crippen molar-refractivity contribution in [3.63, 3.8) is 0 Å². The van der Waals surface area contributed by atoms with Crippen LogP contribution in [-0.2, 0) is 10.1 Å². The van der Waals surface area contributed by atoms with E-state index in [0.29, 0.717) is 4.90 Å². The predicted octanol–water partition coefficient (Wildman–Crippen LogP) is 0.128.